The summed E-state index contributed by atoms with van der Waals surface area (Å²) >= 11 is 0. The van der Waals surface area contributed by atoms with Crippen molar-refractivity contribution in [2.24, 2.45) is 0 Å². The number of ether oxygens (including phenoxy) is 1. The van der Waals surface area contributed by atoms with E-state index in [-0.39, 0.29) is 6.10 Å². The Balaban J connectivity index is 2.07. The smallest absolute Gasteiger partial charge is 0.218 e. The Morgan fingerprint density at radius 3 is 2.95 bits per heavy atom. The zero-order valence-electron chi connectivity index (χ0n) is 11.4. The fourth-order valence-corrected chi connectivity index (χ4v) is 1.62. The number of pyridine rings is 1. The van der Waals surface area contributed by atoms with Crippen molar-refractivity contribution in [3.8, 4) is 5.88 Å². The molecule has 0 unspecified atom stereocenters. The number of hydrogen-bond acceptors (Lipinski definition) is 5. The van der Waals surface area contributed by atoms with Crippen LogP contribution in [0.15, 0.2) is 30.6 Å². The predicted octanol–water partition coefficient (Wildman–Crippen LogP) is 2.58. The molecule has 0 amide bonds. The molecule has 19 heavy (non-hydrogen) atoms. The zero-order chi connectivity index (χ0) is 13.7. The molecule has 0 aromatic carbocycles. The van der Waals surface area contributed by atoms with Gasteiger partial charge >= 0.3 is 0 Å². The van der Waals surface area contributed by atoms with Crippen molar-refractivity contribution >= 4 is 5.82 Å². The van der Waals surface area contributed by atoms with E-state index in [1.165, 1.54) is 0 Å². The number of nitrogens with zero attached hydrogens (tertiary/aromatic N) is 3. The predicted molar refractivity (Wildman–Crippen MR) is 74.1 cm³/mol. The highest BCUT2D eigenvalue weighted by atomic mass is 16.5. The molecule has 5 nitrogen and oxygen atoms in total. The van der Waals surface area contributed by atoms with Gasteiger partial charge in [-0.1, -0.05) is 6.07 Å². The minimum Gasteiger partial charge on any atom is -0.475 e. The molecule has 0 atom stereocenters. The summed E-state index contributed by atoms with van der Waals surface area (Å²) in [6.07, 6.45) is 3.56. The maximum Gasteiger partial charge on any atom is 0.218 e. The van der Waals surface area contributed by atoms with Crippen LogP contribution in [0.5, 0.6) is 5.88 Å². The minimum atomic E-state index is 0.104. The molecule has 0 radical (unpaired) electrons. The van der Waals surface area contributed by atoms with Gasteiger partial charge in [0.25, 0.3) is 0 Å². The molecule has 0 bridgehead atoms. The summed E-state index contributed by atoms with van der Waals surface area (Å²) in [5.41, 5.74) is 2.07. The molecule has 100 valence electrons. The van der Waals surface area contributed by atoms with E-state index in [0.717, 1.165) is 16.9 Å². The lowest BCUT2D eigenvalue weighted by Gasteiger charge is -2.13. The fourth-order valence-electron chi connectivity index (χ4n) is 1.62. The lowest BCUT2D eigenvalue weighted by molar-refractivity contribution is 0.230. The molecule has 0 aliphatic heterocycles. The van der Waals surface area contributed by atoms with Crippen LogP contribution in [0.4, 0.5) is 5.82 Å². The minimum absolute atomic E-state index is 0.104. The first kappa shape index (κ1) is 13.3. The van der Waals surface area contributed by atoms with Gasteiger partial charge in [-0.05, 0) is 38.5 Å². The van der Waals surface area contributed by atoms with Crippen molar-refractivity contribution < 1.29 is 4.74 Å². The summed E-state index contributed by atoms with van der Waals surface area (Å²) < 4.78 is 5.67. The fraction of sp³-hybridized carbons (Fsp3) is 0.357. The second-order valence-electron chi connectivity index (χ2n) is 4.61. The molecular weight excluding hydrogens is 240 g/mol. The first-order valence-electron chi connectivity index (χ1n) is 6.29. The average molecular weight is 258 g/mol. The quantitative estimate of drug-likeness (QED) is 0.893. The topological polar surface area (TPSA) is 59.9 Å². The highest BCUT2D eigenvalue weighted by Gasteiger charge is 2.06. The van der Waals surface area contributed by atoms with E-state index in [4.69, 9.17) is 4.74 Å². The highest BCUT2D eigenvalue weighted by Crippen LogP contribution is 2.17. The van der Waals surface area contributed by atoms with Crippen LogP contribution in [0.3, 0.4) is 0 Å². The lowest BCUT2D eigenvalue weighted by atomic mass is 10.2. The second kappa shape index (κ2) is 6.13. The van der Waals surface area contributed by atoms with E-state index in [1.807, 2.05) is 39.0 Å². The first-order chi connectivity index (χ1) is 9.15. The van der Waals surface area contributed by atoms with Crippen molar-refractivity contribution in [1.29, 1.82) is 0 Å². The molecule has 0 spiro atoms. The molecule has 0 saturated carbocycles. The summed E-state index contributed by atoms with van der Waals surface area (Å²) in [7, 11) is 0. The molecule has 2 aromatic rings. The van der Waals surface area contributed by atoms with Crippen LogP contribution in [-0.2, 0) is 6.54 Å². The third kappa shape index (κ3) is 3.91. The van der Waals surface area contributed by atoms with E-state index in [0.29, 0.717) is 12.4 Å². The molecule has 0 saturated heterocycles. The third-order valence-electron chi connectivity index (χ3n) is 2.45. The van der Waals surface area contributed by atoms with E-state index in [2.05, 4.69) is 20.5 Å². The van der Waals surface area contributed by atoms with Crippen LogP contribution in [-0.4, -0.2) is 21.3 Å². The van der Waals surface area contributed by atoms with E-state index >= 15 is 0 Å². The van der Waals surface area contributed by atoms with Crippen LogP contribution in [0.2, 0.25) is 0 Å². The van der Waals surface area contributed by atoms with Crippen LogP contribution in [0.25, 0.3) is 0 Å². The largest absolute Gasteiger partial charge is 0.475 e. The van der Waals surface area contributed by atoms with Crippen molar-refractivity contribution in [2.45, 2.75) is 33.4 Å². The summed E-state index contributed by atoms with van der Waals surface area (Å²) in [5.74, 6) is 1.41. The Morgan fingerprint density at radius 1 is 1.37 bits per heavy atom. The van der Waals surface area contributed by atoms with E-state index in [1.54, 1.807) is 12.4 Å². The van der Waals surface area contributed by atoms with Gasteiger partial charge in [0.05, 0.1) is 12.3 Å². The summed E-state index contributed by atoms with van der Waals surface area (Å²) in [5, 5.41) is 11.2. The average Bonchev–Trinajstić information content (AvgIpc) is 2.37. The Bertz CT molecular complexity index is 542. The van der Waals surface area contributed by atoms with Gasteiger partial charge in [0, 0.05) is 18.3 Å². The van der Waals surface area contributed by atoms with Crippen LogP contribution >= 0.6 is 0 Å². The standard InChI is InChI=1S/C14H18N4O/c1-10(2)19-14-12(5-4-6-15-14)9-16-13-7-11(3)8-17-18-13/h4-8,10H,9H2,1-3H3,(H,16,18). The van der Waals surface area contributed by atoms with Crippen molar-refractivity contribution in [1.82, 2.24) is 15.2 Å². The summed E-state index contributed by atoms with van der Waals surface area (Å²) in [4.78, 5) is 4.25. The third-order valence-corrected chi connectivity index (χ3v) is 2.45. The molecule has 2 heterocycles. The SMILES string of the molecule is Cc1cnnc(NCc2cccnc2OC(C)C)c1. The molecule has 2 aromatic heterocycles. The molecule has 5 heteroatoms. The van der Waals surface area contributed by atoms with Crippen molar-refractivity contribution in [3.05, 3.63) is 41.7 Å². The number of rotatable bonds is 5. The normalized spacial score (nSPS) is 10.5. The molecular formula is C14H18N4O. The maximum absolute atomic E-state index is 5.67. The second-order valence-corrected chi connectivity index (χ2v) is 4.61. The number of anilines is 1. The van der Waals surface area contributed by atoms with Crippen molar-refractivity contribution in [2.75, 3.05) is 5.32 Å². The highest BCUT2D eigenvalue weighted by molar-refractivity contribution is 5.38. The monoisotopic (exact) mass is 258 g/mol. The van der Waals surface area contributed by atoms with Crippen LogP contribution in [0, 0.1) is 6.92 Å². The maximum atomic E-state index is 5.67. The van der Waals surface area contributed by atoms with Gasteiger partial charge in [-0.3, -0.25) is 0 Å². The lowest BCUT2D eigenvalue weighted by Crippen LogP contribution is -2.11. The first-order valence-corrected chi connectivity index (χ1v) is 6.29. The summed E-state index contributed by atoms with van der Waals surface area (Å²) in [6, 6.07) is 5.83. The zero-order valence-corrected chi connectivity index (χ0v) is 11.4. The van der Waals surface area contributed by atoms with Crippen LogP contribution < -0.4 is 10.1 Å². The Morgan fingerprint density at radius 2 is 2.21 bits per heavy atom. The molecule has 0 aliphatic carbocycles. The van der Waals surface area contributed by atoms with E-state index in [9.17, 15) is 0 Å². The molecule has 0 aliphatic rings. The van der Waals surface area contributed by atoms with Gasteiger partial charge in [-0.15, -0.1) is 5.10 Å². The van der Waals surface area contributed by atoms with Gasteiger partial charge < -0.3 is 10.1 Å². The van der Waals surface area contributed by atoms with E-state index < -0.39 is 0 Å². The Labute approximate surface area is 113 Å². The van der Waals surface area contributed by atoms with Crippen molar-refractivity contribution in [3.63, 3.8) is 0 Å². The number of aryl methyl sites for hydroxylation is 1. The molecule has 1 N–H and O–H groups in total. The van der Waals surface area contributed by atoms with Gasteiger partial charge in [-0.25, -0.2) is 4.98 Å². The molecule has 0 fully saturated rings. The van der Waals surface area contributed by atoms with Gasteiger partial charge in [-0.2, -0.15) is 5.10 Å². The Kier molecular flexibility index (Phi) is 4.28. The number of aromatic nitrogens is 3. The van der Waals surface area contributed by atoms with Gasteiger partial charge in [0.15, 0.2) is 0 Å². The number of hydrogen-bond donors (Lipinski definition) is 1. The van der Waals surface area contributed by atoms with Gasteiger partial charge in [0.2, 0.25) is 5.88 Å². The number of nitrogens with one attached hydrogen (secondary N) is 1. The Hall–Kier alpha value is -2.17. The summed E-state index contributed by atoms with van der Waals surface area (Å²) in [6.45, 7) is 6.56. The van der Waals surface area contributed by atoms with Gasteiger partial charge in [0.1, 0.15) is 5.82 Å². The van der Waals surface area contributed by atoms with Crippen LogP contribution in [0.1, 0.15) is 25.0 Å². The molecule has 2 rings (SSSR count).